The maximum Gasteiger partial charge on any atom is 0.0143 e. The van der Waals surface area contributed by atoms with Crippen molar-refractivity contribution in [3.63, 3.8) is 0 Å². The van der Waals surface area contributed by atoms with E-state index in [0.717, 1.165) is 19.5 Å². The van der Waals surface area contributed by atoms with Gasteiger partial charge in [0, 0.05) is 13.1 Å². The summed E-state index contributed by atoms with van der Waals surface area (Å²) in [5.74, 6) is 0. The van der Waals surface area contributed by atoms with Crippen LogP contribution in [-0.2, 0) is 0 Å². The Hall–Kier alpha value is -0.460. The van der Waals surface area contributed by atoms with Crippen molar-refractivity contribution < 1.29 is 0 Å². The molecule has 0 aromatic carbocycles. The van der Waals surface area contributed by atoms with E-state index in [-0.39, 0.29) is 0 Å². The topological polar surface area (TPSA) is 3.24 Å². The Bertz CT molecular complexity index is 72.6. The molecule has 0 bridgehead atoms. The molecule has 0 atom stereocenters. The van der Waals surface area contributed by atoms with Crippen LogP contribution in [0.3, 0.4) is 0 Å². The minimum atomic E-state index is 0.885. The Morgan fingerprint density at radius 3 is 2.22 bits per heavy atom. The second-order valence-corrected chi connectivity index (χ2v) is 1.89. The second kappa shape index (κ2) is 5.67. The van der Waals surface area contributed by atoms with Gasteiger partial charge in [0.05, 0.1) is 0 Å². The van der Waals surface area contributed by atoms with Crippen LogP contribution in [0.25, 0.3) is 0 Å². The lowest BCUT2D eigenvalue weighted by atomic mass is 10.4. The van der Waals surface area contributed by atoms with Gasteiger partial charge in [-0.05, 0) is 33.4 Å². The maximum absolute atomic E-state index is 3.71. The van der Waals surface area contributed by atoms with Crippen molar-refractivity contribution in [3.8, 4) is 0 Å². The molecule has 0 rings (SSSR count). The molecule has 1 radical (unpaired) electrons. The zero-order chi connectivity index (χ0) is 7.11. The third-order valence-electron chi connectivity index (χ3n) is 1.30. The van der Waals surface area contributed by atoms with Gasteiger partial charge in [0.15, 0.2) is 0 Å². The highest BCUT2D eigenvalue weighted by atomic mass is 15.1. The van der Waals surface area contributed by atoms with Gasteiger partial charge >= 0.3 is 0 Å². The Morgan fingerprint density at radius 2 is 1.89 bits per heavy atom. The third-order valence-corrected chi connectivity index (χ3v) is 1.30. The second-order valence-electron chi connectivity index (χ2n) is 1.89. The summed E-state index contributed by atoms with van der Waals surface area (Å²) in [6.45, 7) is 10.2. The van der Waals surface area contributed by atoms with Gasteiger partial charge < -0.3 is 4.90 Å². The van der Waals surface area contributed by atoms with Gasteiger partial charge in [0.2, 0.25) is 0 Å². The summed E-state index contributed by atoms with van der Waals surface area (Å²) >= 11 is 0. The summed E-state index contributed by atoms with van der Waals surface area (Å²) in [5, 5.41) is 0. The summed E-state index contributed by atoms with van der Waals surface area (Å²) < 4.78 is 0. The van der Waals surface area contributed by atoms with Gasteiger partial charge in [-0.1, -0.05) is 6.08 Å². The highest BCUT2D eigenvalue weighted by Crippen LogP contribution is 1.88. The molecule has 1 heteroatoms. The molecule has 0 heterocycles. The fraction of sp³-hybridized carbons (Fsp3) is 0.625. The van der Waals surface area contributed by atoms with E-state index in [1.54, 1.807) is 0 Å². The minimum Gasteiger partial charge on any atom is -0.378 e. The van der Waals surface area contributed by atoms with Crippen LogP contribution in [0.1, 0.15) is 20.3 Å². The van der Waals surface area contributed by atoms with Crippen LogP contribution in [0.2, 0.25) is 0 Å². The number of allylic oxidation sites excluding steroid dienone is 1. The standard InChI is InChI=1S/C8H16N/c1-4-7-8-9(5-2)6-3/h7-8H,1,4-6H2,2-3H3/b8-7+. The predicted molar refractivity (Wildman–Crippen MR) is 42.0 cm³/mol. The first-order chi connectivity index (χ1) is 4.35. The van der Waals surface area contributed by atoms with Crippen molar-refractivity contribution in [2.24, 2.45) is 0 Å². The van der Waals surface area contributed by atoms with Crippen LogP contribution in [0.4, 0.5) is 0 Å². The van der Waals surface area contributed by atoms with E-state index in [1.807, 2.05) is 0 Å². The molecule has 0 N–H and O–H groups in total. The summed E-state index contributed by atoms with van der Waals surface area (Å²) in [6.07, 6.45) is 5.07. The van der Waals surface area contributed by atoms with Crippen LogP contribution >= 0.6 is 0 Å². The monoisotopic (exact) mass is 126 g/mol. The Morgan fingerprint density at radius 1 is 1.33 bits per heavy atom. The van der Waals surface area contributed by atoms with Crippen molar-refractivity contribution in [3.05, 3.63) is 19.2 Å². The van der Waals surface area contributed by atoms with E-state index in [1.165, 1.54) is 0 Å². The first-order valence-corrected chi connectivity index (χ1v) is 3.55. The number of hydrogen-bond donors (Lipinski definition) is 0. The third kappa shape index (κ3) is 4.07. The lowest BCUT2D eigenvalue weighted by molar-refractivity contribution is 0.418. The largest absolute Gasteiger partial charge is 0.378 e. The molecule has 0 spiro atoms. The molecule has 53 valence electrons. The zero-order valence-electron chi connectivity index (χ0n) is 6.43. The summed E-state index contributed by atoms with van der Waals surface area (Å²) in [7, 11) is 0. The van der Waals surface area contributed by atoms with Crippen molar-refractivity contribution in [2.75, 3.05) is 13.1 Å². The molecule has 0 amide bonds. The van der Waals surface area contributed by atoms with Crippen molar-refractivity contribution in [1.29, 1.82) is 0 Å². The first kappa shape index (κ1) is 8.54. The molecule has 0 aliphatic rings. The van der Waals surface area contributed by atoms with Crippen LogP contribution in [0, 0.1) is 6.92 Å². The molecule has 0 aliphatic heterocycles. The van der Waals surface area contributed by atoms with Gasteiger partial charge in [-0.15, -0.1) is 0 Å². The normalized spacial score (nSPS) is 10.6. The summed E-state index contributed by atoms with van der Waals surface area (Å²) in [5.41, 5.74) is 0. The fourth-order valence-corrected chi connectivity index (χ4v) is 0.658. The quantitative estimate of drug-likeness (QED) is 0.557. The molecule has 1 nitrogen and oxygen atoms in total. The number of nitrogens with zero attached hydrogens (tertiary/aromatic N) is 1. The Balaban J connectivity index is 3.41. The molecule has 0 aliphatic carbocycles. The average molecular weight is 126 g/mol. The average Bonchev–Trinajstić information content (AvgIpc) is 1.91. The van der Waals surface area contributed by atoms with E-state index in [2.05, 4.69) is 37.9 Å². The van der Waals surface area contributed by atoms with Gasteiger partial charge in [-0.25, -0.2) is 0 Å². The van der Waals surface area contributed by atoms with Gasteiger partial charge in [0.25, 0.3) is 0 Å². The maximum atomic E-state index is 3.71. The van der Waals surface area contributed by atoms with Crippen LogP contribution in [0.5, 0.6) is 0 Å². The molecule has 0 aromatic heterocycles. The minimum absolute atomic E-state index is 0.885. The zero-order valence-corrected chi connectivity index (χ0v) is 6.43. The molecule has 0 saturated carbocycles. The van der Waals surface area contributed by atoms with Gasteiger partial charge in [-0.3, -0.25) is 0 Å². The van der Waals surface area contributed by atoms with Crippen LogP contribution in [-0.4, -0.2) is 18.0 Å². The van der Waals surface area contributed by atoms with E-state index in [4.69, 9.17) is 0 Å². The Kier molecular flexibility index (Phi) is 5.38. The molecule has 9 heavy (non-hydrogen) atoms. The van der Waals surface area contributed by atoms with Crippen LogP contribution in [0.15, 0.2) is 12.3 Å². The molecule has 0 fully saturated rings. The molecule has 0 unspecified atom stereocenters. The fourth-order valence-electron chi connectivity index (χ4n) is 0.658. The number of rotatable bonds is 4. The van der Waals surface area contributed by atoms with E-state index in [9.17, 15) is 0 Å². The SMILES string of the molecule is [CH2]C/C=C/N(CC)CC. The molecular weight excluding hydrogens is 110 g/mol. The van der Waals surface area contributed by atoms with Crippen molar-refractivity contribution >= 4 is 0 Å². The van der Waals surface area contributed by atoms with Crippen molar-refractivity contribution in [2.45, 2.75) is 20.3 Å². The summed E-state index contributed by atoms with van der Waals surface area (Å²) in [6, 6.07) is 0. The summed E-state index contributed by atoms with van der Waals surface area (Å²) in [4.78, 5) is 2.24. The Labute approximate surface area is 58.4 Å². The van der Waals surface area contributed by atoms with Gasteiger partial charge in [0.1, 0.15) is 0 Å². The smallest absolute Gasteiger partial charge is 0.0143 e. The number of hydrogen-bond acceptors (Lipinski definition) is 1. The lowest BCUT2D eigenvalue weighted by Gasteiger charge is -2.13. The molecule has 0 saturated heterocycles. The highest BCUT2D eigenvalue weighted by Gasteiger charge is 1.85. The van der Waals surface area contributed by atoms with E-state index in [0.29, 0.717) is 0 Å². The van der Waals surface area contributed by atoms with E-state index >= 15 is 0 Å². The molecule has 0 aromatic rings. The highest BCUT2D eigenvalue weighted by molar-refractivity contribution is 4.81. The molecular formula is C8H16N. The van der Waals surface area contributed by atoms with Gasteiger partial charge in [-0.2, -0.15) is 0 Å². The van der Waals surface area contributed by atoms with Crippen molar-refractivity contribution in [1.82, 2.24) is 4.90 Å². The predicted octanol–water partition coefficient (Wildman–Crippen LogP) is 2.07. The lowest BCUT2D eigenvalue weighted by Crippen LogP contribution is -2.14. The van der Waals surface area contributed by atoms with Crippen LogP contribution < -0.4 is 0 Å². The first-order valence-electron chi connectivity index (χ1n) is 3.55. The van der Waals surface area contributed by atoms with E-state index < -0.39 is 0 Å².